The molecule has 2 aromatic carbocycles. The van der Waals surface area contributed by atoms with Gasteiger partial charge in [-0.25, -0.2) is 18.1 Å². The number of nitrogens with zero attached hydrogens (tertiary/aromatic N) is 6. The van der Waals surface area contributed by atoms with E-state index in [9.17, 15) is 23.3 Å². The van der Waals surface area contributed by atoms with Crippen molar-refractivity contribution < 1.29 is 13.3 Å². The van der Waals surface area contributed by atoms with E-state index in [2.05, 4.69) is 20.1 Å². The second-order valence-electron chi connectivity index (χ2n) is 7.56. The molecule has 0 aliphatic heterocycles. The third-order valence-electron chi connectivity index (χ3n) is 5.39. The summed E-state index contributed by atoms with van der Waals surface area (Å²) in [5, 5.41) is 18.5. The van der Waals surface area contributed by atoms with Crippen LogP contribution in [0.25, 0.3) is 5.69 Å². The molecule has 0 aliphatic rings. The number of para-hydroxylation sites is 1. The van der Waals surface area contributed by atoms with E-state index >= 15 is 0 Å². The van der Waals surface area contributed by atoms with Crippen molar-refractivity contribution in [1.82, 2.24) is 24.1 Å². The van der Waals surface area contributed by atoms with Crippen molar-refractivity contribution in [1.29, 1.82) is 0 Å². The number of nitro benzene ring substituents is 1. The van der Waals surface area contributed by atoms with Crippen molar-refractivity contribution in [3.63, 3.8) is 0 Å². The summed E-state index contributed by atoms with van der Waals surface area (Å²) in [6.07, 6.45) is 2.88. The molecule has 2 heterocycles. The van der Waals surface area contributed by atoms with Crippen molar-refractivity contribution in [2.24, 2.45) is 7.05 Å². The van der Waals surface area contributed by atoms with Gasteiger partial charge in [0, 0.05) is 19.7 Å². The number of nitro groups is 1. The van der Waals surface area contributed by atoms with Gasteiger partial charge in [-0.05, 0) is 31.2 Å². The summed E-state index contributed by atoms with van der Waals surface area (Å²) in [4.78, 5) is 27.5. The monoisotopic (exact) mass is 498 g/mol. The Hall–Kier alpha value is -4.46. The molecule has 0 spiro atoms. The topological polar surface area (TPSA) is 159 Å². The molecule has 0 aliphatic carbocycles. The molecule has 0 amide bonds. The Balaban J connectivity index is 1.62. The fourth-order valence-electron chi connectivity index (χ4n) is 3.51. The quantitative estimate of drug-likeness (QED) is 0.261. The molecule has 4 rings (SSSR count). The van der Waals surface area contributed by atoms with Crippen LogP contribution in [0.4, 0.5) is 17.1 Å². The van der Waals surface area contributed by atoms with Gasteiger partial charge in [0.2, 0.25) is 0 Å². The Labute approximate surface area is 199 Å². The normalized spacial score (nSPS) is 11.4. The smallest absolute Gasteiger partial charge is 0.296 e. The van der Waals surface area contributed by atoms with E-state index in [-0.39, 0.29) is 16.3 Å². The first-order valence-corrected chi connectivity index (χ1v) is 11.9. The van der Waals surface area contributed by atoms with Gasteiger partial charge >= 0.3 is 0 Å². The molecule has 4 aromatic rings. The lowest BCUT2D eigenvalue weighted by Gasteiger charge is -2.10. The Morgan fingerprint density at radius 1 is 1.14 bits per heavy atom. The predicted molar refractivity (Wildman–Crippen MR) is 128 cm³/mol. The van der Waals surface area contributed by atoms with Gasteiger partial charge in [-0.3, -0.25) is 29.0 Å². The number of anilines is 2. The van der Waals surface area contributed by atoms with E-state index in [0.717, 1.165) is 6.07 Å². The van der Waals surface area contributed by atoms with Gasteiger partial charge in [-0.15, -0.1) is 0 Å². The number of aromatic nitrogens is 5. The molecule has 0 saturated carbocycles. The van der Waals surface area contributed by atoms with Gasteiger partial charge in [-0.1, -0.05) is 18.2 Å². The molecular formula is C21H22N8O5S. The summed E-state index contributed by atoms with van der Waals surface area (Å²) in [6, 6.07) is 12.3. The summed E-state index contributed by atoms with van der Waals surface area (Å²) in [7, 11) is -2.67. The fourth-order valence-corrected chi connectivity index (χ4v) is 4.65. The lowest BCUT2D eigenvalue weighted by atomic mass is 10.2. The first-order valence-electron chi connectivity index (χ1n) is 10.4. The molecule has 14 heteroatoms. The SMILES string of the molecule is Cc1c(NS(=O)(=O)c2ccc(NCCn3cncn3)c([N+](=O)[O-])c2)c(=O)n(-c2ccccc2)n1C. The van der Waals surface area contributed by atoms with Crippen LogP contribution in [0.5, 0.6) is 0 Å². The third kappa shape index (κ3) is 4.77. The molecular weight excluding hydrogens is 476 g/mol. The number of sulfonamides is 1. The van der Waals surface area contributed by atoms with Crippen LogP contribution in [0.3, 0.4) is 0 Å². The summed E-state index contributed by atoms with van der Waals surface area (Å²) in [5.74, 6) is 0. The second-order valence-corrected chi connectivity index (χ2v) is 9.25. The van der Waals surface area contributed by atoms with Gasteiger partial charge in [0.15, 0.2) is 0 Å². The Bertz CT molecular complexity index is 1530. The molecule has 0 saturated heterocycles. The zero-order valence-corrected chi connectivity index (χ0v) is 19.6. The zero-order valence-electron chi connectivity index (χ0n) is 18.8. The number of nitrogens with one attached hydrogen (secondary N) is 2. The molecule has 0 unspecified atom stereocenters. The average molecular weight is 499 g/mol. The van der Waals surface area contributed by atoms with Gasteiger partial charge in [0.25, 0.3) is 21.3 Å². The Morgan fingerprint density at radius 3 is 2.54 bits per heavy atom. The Morgan fingerprint density at radius 2 is 1.89 bits per heavy atom. The maximum atomic E-state index is 13.1. The van der Waals surface area contributed by atoms with Crippen molar-refractivity contribution in [2.75, 3.05) is 16.6 Å². The van der Waals surface area contributed by atoms with Crippen molar-refractivity contribution >= 4 is 27.1 Å². The highest BCUT2D eigenvalue weighted by Gasteiger charge is 2.25. The maximum Gasteiger partial charge on any atom is 0.296 e. The molecule has 0 fully saturated rings. The third-order valence-corrected chi connectivity index (χ3v) is 6.74. The fraction of sp³-hybridized carbons (Fsp3) is 0.190. The minimum Gasteiger partial charge on any atom is -0.378 e. The summed E-state index contributed by atoms with van der Waals surface area (Å²) in [5.41, 5.74) is -0.0436. The molecule has 13 nitrogen and oxygen atoms in total. The highest BCUT2D eigenvalue weighted by Crippen LogP contribution is 2.28. The average Bonchev–Trinajstić information content (AvgIpc) is 3.42. The lowest BCUT2D eigenvalue weighted by Crippen LogP contribution is -2.23. The van der Waals surface area contributed by atoms with Crippen LogP contribution in [-0.4, -0.2) is 44.0 Å². The predicted octanol–water partition coefficient (Wildman–Crippen LogP) is 1.90. The van der Waals surface area contributed by atoms with E-state index in [4.69, 9.17) is 0 Å². The van der Waals surface area contributed by atoms with Crippen LogP contribution in [0, 0.1) is 17.0 Å². The van der Waals surface area contributed by atoms with Crippen LogP contribution in [0.15, 0.2) is 70.9 Å². The minimum absolute atomic E-state index is 0.144. The number of benzene rings is 2. The molecule has 182 valence electrons. The molecule has 0 bridgehead atoms. The van der Waals surface area contributed by atoms with E-state index in [1.54, 1.807) is 49.0 Å². The van der Waals surface area contributed by atoms with Crippen LogP contribution in [0.2, 0.25) is 0 Å². The summed E-state index contributed by atoms with van der Waals surface area (Å²) in [6.45, 7) is 2.31. The van der Waals surface area contributed by atoms with Gasteiger partial charge in [0.1, 0.15) is 24.0 Å². The largest absolute Gasteiger partial charge is 0.378 e. The van der Waals surface area contributed by atoms with Crippen molar-refractivity contribution in [3.8, 4) is 5.69 Å². The summed E-state index contributed by atoms with van der Waals surface area (Å²) < 4.78 is 32.9. The van der Waals surface area contributed by atoms with Crippen LogP contribution < -0.4 is 15.6 Å². The van der Waals surface area contributed by atoms with E-state index in [1.807, 2.05) is 0 Å². The lowest BCUT2D eigenvalue weighted by molar-refractivity contribution is -0.384. The van der Waals surface area contributed by atoms with Crippen molar-refractivity contribution in [2.45, 2.75) is 18.4 Å². The minimum atomic E-state index is -4.30. The highest BCUT2D eigenvalue weighted by atomic mass is 32.2. The van der Waals surface area contributed by atoms with E-state index in [0.29, 0.717) is 24.5 Å². The van der Waals surface area contributed by atoms with Crippen LogP contribution in [0.1, 0.15) is 5.69 Å². The maximum absolute atomic E-state index is 13.1. The molecule has 2 aromatic heterocycles. The summed E-state index contributed by atoms with van der Waals surface area (Å²) >= 11 is 0. The number of hydrogen-bond acceptors (Lipinski definition) is 8. The first-order chi connectivity index (χ1) is 16.7. The van der Waals surface area contributed by atoms with Gasteiger partial charge in [-0.2, -0.15) is 5.10 Å². The van der Waals surface area contributed by atoms with E-state index in [1.165, 1.54) is 34.2 Å². The molecule has 35 heavy (non-hydrogen) atoms. The standard InChI is InChI=1S/C21H22N8O5S/c1-15-20(21(30)28(26(15)2)16-6-4-3-5-7-16)25-35(33,34)17-8-9-18(19(12-17)29(31)32)23-10-11-27-14-22-13-24-27/h3-9,12-14,23,25H,10-11H2,1-2H3. The molecule has 0 radical (unpaired) electrons. The number of hydrogen-bond donors (Lipinski definition) is 2. The highest BCUT2D eigenvalue weighted by molar-refractivity contribution is 7.92. The molecule has 0 atom stereocenters. The van der Waals surface area contributed by atoms with Gasteiger partial charge in [0.05, 0.1) is 27.7 Å². The number of rotatable bonds is 9. The van der Waals surface area contributed by atoms with Crippen LogP contribution in [-0.2, 0) is 23.6 Å². The second kappa shape index (κ2) is 9.42. The first kappa shape index (κ1) is 23.7. The zero-order chi connectivity index (χ0) is 25.2. The van der Waals surface area contributed by atoms with Crippen LogP contribution >= 0.6 is 0 Å². The van der Waals surface area contributed by atoms with E-state index < -0.39 is 26.2 Å². The molecule has 2 N–H and O–H groups in total. The van der Waals surface area contributed by atoms with Crippen molar-refractivity contribution in [3.05, 3.63) is 87.3 Å². The Kier molecular flexibility index (Phi) is 6.38. The van der Waals surface area contributed by atoms with Gasteiger partial charge < -0.3 is 5.32 Å².